The summed E-state index contributed by atoms with van der Waals surface area (Å²) < 4.78 is 5.61. The molecule has 0 spiro atoms. The predicted molar refractivity (Wildman–Crippen MR) is 84.4 cm³/mol. The van der Waals surface area contributed by atoms with Gasteiger partial charge in [0.1, 0.15) is 23.3 Å². The Morgan fingerprint density at radius 2 is 1.95 bits per heavy atom. The van der Waals surface area contributed by atoms with Crippen LogP contribution < -0.4 is 10.1 Å². The number of hydrogen-bond acceptors (Lipinski definition) is 3. The zero-order chi connectivity index (χ0) is 14.5. The maximum absolute atomic E-state index is 6.01. The summed E-state index contributed by atoms with van der Waals surface area (Å²) in [5.41, 5.74) is 1.16. The maximum atomic E-state index is 6.01. The molecule has 0 unspecified atom stereocenters. The van der Waals surface area contributed by atoms with E-state index in [-0.39, 0.29) is 5.15 Å². The summed E-state index contributed by atoms with van der Waals surface area (Å²) in [6.07, 6.45) is 0. The number of hydrogen-bond donors (Lipinski definition) is 1. The van der Waals surface area contributed by atoms with Gasteiger partial charge in [-0.05, 0) is 30.7 Å². The lowest BCUT2D eigenvalue weighted by Gasteiger charge is -2.10. The van der Waals surface area contributed by atoms with E-state index in [1.807, 2.05) is 31.2 Å². The van der Waals surface area contributed by atoms with Crippen molar-refractivity contribution in [1.82, 2.24) is 4.98 Å². The highest BCUT2D eigenvalue weighted by atomic mass is 35.5. The van der Waals surface area contributed by atoms with Gasteiger partial charge in [0.15, 0.2) is 0 Å². The Labute approximate surface area is 132 Å². The number of halogens is 3. The summed E-state index contributed by atoms with van der Waals surface area (Å²) in [5.74, 6) is 1.33. The van der Waals surface area contributed by atoms with Crippen molar-refractivity contribution in [3.8, 4) is 5.75 Å². The van der Waals surface area contributed by atoms with Gasteiger partial charge in [-0.2, -0.15) is 0 Å². The van der Waals surface area contributed by atoms with Gasteiger partial charge < -0.3 is 10.1 Å². The van der Waals surface area contributed by atoms with Crippen LogP contribution >= 0.6 is 34.8 Å². The van der Waals surface area contributed by atoms with E-state index in [0.29, 0.717) is 29.0 Å². The highest BCUT2D eigenvalue weighted by Crippen LogP contribution is 2.28. The van der Waals surface area contributed by atoms with E-state index in [1.165, 1.54) is 0 Å². The van der Waals surface area contributed by atoms with Crippen LogP contribution in [0.3, 0.4) is 0 Å². The first kappa shape index (κ1) is 15.2. The largest absolute Gasteiger partial charge is 0.492 e. The second kappa shape index (κ2) is 7.02. The number of aromatic nitrogens is 1. The van der Waals surface area contributed by atoms with Crippen LogP contribution in [0.2, 0.25) is 15.2 Å². The molecule has 2 aromatic rings. The lowest BCUT2D eigenvalue weighted by Crippen LogP contribution is -2.12. The standard InChI is InChI=1S/C14H13Cl3N2O/c1-9-3-2-4-10(7-9)20-6-5-18-14-12(16)8-11(15)13(17)19-14/h2-4,7-8H,5-6H2,1H3,(H,18,19). The summed E-state index contributed by atoms with van der Waals surface area (Å²) >= 11 is 17.7. The molecule has 0 amide bonds. The van der Waals surface area contributed by atoms with E-state index in [9.17, 15) is 0 Å². The van der Waals surface area contributed by atoms with Crippen molar-refractivity contribution in [1.29, 1.82) is 0 Å². The minimum atomic E-state index is 0.221. The van der Waals surface area contributed by atoms with E-state index in [0.717, 1.165) is 11.3 Å². The number of benzene rings is 1. The molecule has 1 aromatic carbocycles. The van der Waals surface area contributed by atoms with Crippen molar-refractivity contribution < 1.29 is 4.74 Å². The molecule has 1 aromatic heterocycles. The second-order valence-electron chi connectivity index (χ2n) is 4.18. The zero-order valence-corrected chi connectivity index (χ0v) is 13.1. The van der Waals surface area contributed by atoms with Gasteiger partial charge in [0.05, 0.1) is 16.6 Å². The van der Waals surface area contributed by atoms with Crippen LogP contribution in [0.4, 0.5) is 5.82 Å². The monoisotopic (exact) mass is 330 g/mol. The van der Waals surface area contributed by atoms with Crippen LogP contribution in [0.1, 0.15) is 5.56 Å². The van der Waals surface area contributed by atoms with Gasteiger partial charge in [-0.25, -0.2) is 4.98 Å². The third-order valence-electron chi connectivity index (χ3n) is 2.54. The molecule has 0 fully saturated rings. The Morgan fingerprint density at radius 3 is 2.70 bits per heavy atom. The highest BCUT2D eigenvalue weighted by molar-refractivity contribution is 6.42. The van der Waals surface area contributed by atoms with E-state index in [2.05, 4.69) is 10.3 Å². The van der Waals surface area contributed by atoms with Crippen LogP contribution in [-0.2, 0) is 0 Å². The number of anilines is 1. The predicted octanol–water partition coefficient (Wildman–Crippen LogP) is 4.84. The Kier molecular flexibility index (Phi) is 5.35. The number of ether oxygens (including phenoxy) is 1. The average Bonchev–Trinajstić information content (AvgIpc) is 2.40. The van der Waals surface area contributed by atoms with Crippen LogP contribution in [0, 0.1) is 6.92 Å². The van der Waals surface area contributed by atoms with Crippen LogP contribution in [-0.4, -0.2) is 18.1 Å². The molecule has 1 N–H and O–H groups in total. The molecule has 1 heterocycles. The van der Waals surface area contributed by atoms with Crippen molar-refractivity contribution in [2.24, 2.45) is 0 Å². The van der Waals surface area contributed by atoms with Gasteiger partial charge >= 0.3 is 0 Å². The first-order valence-corrected chi connectivity index (χ1v) is 7.14. The van der Waals surface area contributed by atoms with Gasteiger partial charge in [0.2, 0.25) is 0 Å². The van der Waals surface area contributed by atoms with E-state index in [1.54, 1.807) is 6.07 Å². The SMILES string of the molecule is Cc1cccc(OCCNc2nc(Cl)c(Cl)cc2Cl)c1. The fourth-order valence-electron chi connectivity index (χ4n) is 1.61. The molecule has 2 rings (SSSR count). The molecule has 0 radical (unpaired) electrons. The third-order valence-corrected chi connectivity index (χ3v) is 3.50. The van der Waals surface area contributed by atoms with Crippen LogP contribution in [0.5, 0.6) is 5.75 Å². The molecule has 0 atom stereocenters. The molecule has 0 bridgehead atoms. The first-order valence-electron chi connectivity index (χ1n) is 6.01. The average molecular weight is 332 g/mol. The van der Waals surface area contributed by atoms with Crippen molar-refractivity contribution in [2.45, 2.75) is 6.92 Å². The molecule has 0 saturated heterocycles. The first-order chi connectivity index (χ1) is 9.56. The summed E-state index contributed by atoms with van der Waals surface area (Å²) in [6.45, 7) is 3.06. The molecule has 0 aliphatic carbocycles. The summed E-state index contributed by atoms with van der Waals surface area (Å²) in [7, 11) is 0. The Balaban J connectivity index is 1.86. The van der Waals surface area contributed by atoms with Crippen LogP contribution in [0.25, 0.3) is 0 Å². The third kappa shape index (κ3) is 4.17. The summed E-state index contributed by atoms with van der Waals surface area (Å²) in [4.78, 5) is 4.07. The molecule has 0 aliphatic rings. The maximum Gasteiger partial charge on any atom is 0.150 e. The lowest BCUT2D eigenvalue weighted by atomic mass is 10.2. The number of pyridine rings is 1. The lowest BCUT2D eigenvalue weighted by molar-refractivity contribution is 0.332. The Morgan fingerprint density at radius 1 is 1.15 bits per heavy atom. The van der Waals surface area contributed by atoms with Gasteiger partial charge in [0.25, 0.3) is 0 Å². The number of aryl methyl sites for hydroxylation is 1. The molecule has 3 nitrogen and oxygen atoms in total. The van der Waals surface area contributed by atoms with Gasteiger partial charge in [-0.15, -0.1) is 0 Å². The second-order valence-corrected chi connectivity index (χ2v) is 5.36. The molecular formula is C14H13Cl3N2O. The van der Waals surface area contributed by atoms with Crippen molar-refractivity contribution in [2.75, 3.05) is 18.5 Å². The van der Waals surface area contributed by atoms with E-state index >= 15 is 0 Å². The van der Waals surface area contributed by atoms with Crippen molar-refractivity contribution >= 4 is 40.6 Å². The minimum Gasteiger partial charge on any atom is -0.492 e. The molecule has 6 heteroatoms. The van der Waals surface area contributed by atoms with E-state index in [4.69, 9.17) is 39.5 Å². The number of nitrogens with one attached hydrogen (secondary N) is 1. The Bertz CT molecular complexity index is 605. The molecule has 106 valence electrons. The smallest absolute Gasteiger partial charge is 0.150 e. The van der Waals surface area contributed by atoms with E-state index < -0.39 is 0 Å². The summed E-state index contributed by atoms with van der Waals surface area (Å²) in [5, 5.41) is 4.03. The fraction of sp³-hybridized carbons (Fsp3) is 0.214. The fourth-order valence-corrected chi connectivity index (χ4v) is 2.18. The molecule has 20 heavy (non-hydrogen) atoms. The zero-order valence-electron chi connectivity index (χ0n) is 10.8. The number of nitrogens with zero attached hydrogens (tertiary/aromatic N) is 1. The van der Waals surface area contributed by atoms with Crippen molar-refractivity contribution in [3.63, 3.8) is 0 Å². The topological polar surface area (TPSA) is 34.1 Å². The molecule has 0 saturated carbocycles. The number of rotatable bonds is 5. The summed E-state index contributed by atoms with van der Waals surface area (Å²) in [6, 6.07) is 9.42. The highest BCUT2D eigenvalue weighted by Gasteiger charge is 2.07. The van der Waals surface area contributed by atoms with Gasteiger partial charge in [-0.1, -0.05) is 46.9 Å². The molecule has 0 aliphatic heterocycles. The minimum absolute atomic E-state index is 0.221. The van der Waals surface area contributed by atoms with Gasteiger partial charge in [0, 0.05) is 0 Å². The van der Waals surface area contributed by atoms with Crippen molar-refractivity contribution in [3.05, 3.63) is 51.1 Å². The molecular weight excluding hydrogens is 319 g/mol. The Hall–Kier alpha value is -1.16. The quantitative estimate of drug-likeness (QED) is 0.628. The normalized spacial score (nSPS) is 10.4. The van der Waals surface area contributed by atoms with Crippen LogP contribution in [0.15, 0.2) is 30.3 Å². The van der Waals surface area contributed by atoms with Gasteiger partial charge in [-0.3, -0.25) is 0 Å².